The van der Waals surface area contributed by atoms with Crippen LogP contribution in [0.15, 0.2) is 42.5 Å². The molecule has 0 spiro atoms. The fourth-order valence-corrected chi connectivity index (χ4v) is 2.47. The second-order valence-corrected chi connectivity index (χ2v) is 5.62. The van der Waals surface area contributed by atoms with Gasteiger partial charge >= 0.3 is 0 Å². The van der Waals surface area contributed by atoms with Crippen LogP contribution in [0.1, 0.15) is 23.2 Å². The minimum Gasteiger partial charge on any atom is -0.298 e. The zero-order chi connectivity index (χ0) is 15.8. The molecule has 3 aromatic rings. The highest BCUT2D eigenvalue weighted by atomic mass is 16.2. The zero-order valence-corrected chi connectivity index (χ0v) is 12.3. The number of nitrogens with one attached hydrogen (secondary N) is 1. The first kappa shape index (κ1) is 13.6. The molecule has 2 aromatic heterocycles. The number of carbonyl (C=O) groups excluding carboxylic acids is 2. The van der Waals surface area contributed by atoms with Gasteiger partial charge in [-0.2, -0.15) is 4.98 Å². The SMILES string of the molecule is O=Cc1ccc(-c2cccc3nc(NC(=O)C4CC4)nn23)cc1. The summed E-state index contributed by atoms with van der Waals surface area (Å²) in [4.78, 5) is 27.0. The Bertz CT molecular complexity index is 895. The number of pyridine rings is 1. The number of aldehydes is 1. The number of nitrogens with zero attached hydrogens (tertiary/aromatic N) is 3. The molecule has 6 heteroatoms. The third-order valence-electron chi connectivity index (χ3n) is 3.89. The molecule has 1 aliphatic rings. The molecule has 1 amide bonds. The van der Waals surface area contributed by atoms with E-state index in [0.29, 0.717) is 17.2 Å². The van der Waals surface area contributed by atoms with Crippen molar-refractivity contribution in [1.29, 1.82) is 0 Å². The normalized spacial score (nSPS) is 13.9. The van der Waals surface area contributed by atoms with E-state index < -0.39 is 0 Å². The van der Waals surface area contributed by atoms with E-state index in [4.69, 9.17) is 0 Å². The summed E-state index contributed by atoms with van der Waals surface area (Å²) in [5, 5.41) is 7.15. The second kappa shape index (κ2) is 5.31. The maximum Gasteiger partial charge on any atom is 0.249 e. The number of rotatable bonds is 4. The van der Waals surface area contributed by atoms with Gasteiger partial charge in [0, 0.05) is 17.0 Å². The standard InChI is InChI=1S/C17H14N4O2/c22-10-11-4-6-12(7-5-11)14-2-1-3-15-18-17(20-21(14)15)19-16(23)13-8-9-13/h1-7,10,13H,8-9H2,(H,19,20,23). The number of hydrogen-bond acceptors (Lipinski definition) is 4. The van der Waals surface area contributed by atoms with Gasteiger partial charge in [-0.1, -0.05) is 30.3 Å². The number of amides is 1. The van der Waals surface area contributed by atoms with Crippen LogP contribution in [0.3, 0.4) is 0 Å². The number of anilines is 1. The van der Waals surface area contributed by atoms with E-state index in [-0.39, 0.29) is 11.8 Å². The lowest BCUT2D eigenvalue weighted by molar-refractivity contribution is -0.117. The molecule has 0 bridgehead atoms. The largest absolute Gasteiger partial charge is 0.298 e. The van der Waals surface area contributed by atoms with Gasteiger partial charge in [0.05, 0.1) is 5.69 Å². The van der Waals surface area contributed by atoms with Gasteiger partial charge in [0.25, 0.3) is 0 Å². The van der Waals surface area contributed by atoms with Crippen LogP contribution in [0.4, 0.5) is 5.95 Å². The Labute approximate surface area is 132 Å². The predicted molar refractivity (Wildman–Crippen MR) is 85.2 cm³/mol. The molecular formula is C17H14N4O2. The zero-order valence-electron chi connectivity index (χ0n) is 12.3. The molecule has 1 N–H and O–H groups in total. The predicted octanol–water partition coefficient (Wildman–Crippen LogP) is 2.56. The minimum atomic E-state index is -0.0159. The summed E-state index contributed by atoms with van der Waals surface area (Å²) < 4.78 is 1.69. The fourth-order valence-electron chi connectivity index (χ4n) is 2.47. The van der Waals surface area contributed by atoms with Crippen molar-refractivity contribution in [2.75, 3.05) is 5.32 Å². The van der Waals surface area contributed by atoms with Crippen LogP contribution in [-0.4, -0.2) is 26.8 Å². The molecule has 1 aliphatic carbocycles. The van der Waals surface area contributed by atoms with Crippen LogP contribution < -0.4 is 5.32 Å². The van der Waals surface area contributed by atoms with E-state index in [0.717, 1.165) is 30.4 Å². The monoisotopic (exact) mass is 306 g/mol. The average molecular weight is 306 g/mol. The lowest BCUT2D eigenvalue weighted by Crippen LogP contribution is -2.14. The Morgan fingerprint density at radius 2 is 1.96 bits per heavy atom. The Kier molecular flexibility index (Phi) is 3.15. The van der Waals surface area contributed by atoms with Gasteiger partial charge in [-0.15, -0.1) is 5.10 Å². The topological polar surface area (TPSA) is 76.4 Å². The van der Waals surface area contributed by atoms with Crippen LogP contribution in [0.25, 0.3) is 16.9 Å². The van der Waals surface area contributed by atoms with E-state index >= 15 is 0 Å². The summed E-state index contributed by atoms with van der Waals surface area (Å²) >= 11 is 0. The molecule has 6 nitrogen and oxygen atoms in total. The Morgan fingerprint density at radius 1 is 1.17 bits per heavy atom. The average Bonchev–Trinajstić information content (AvgIpc) is 3.35. The van der Waals surface area contributed by atoms with Crippen LogP contribution in [0, 0.1) is 5.92 Å². The summed E-state index contributed by atoms with van der Waals surface area (Å²) in [6.07, 6.45) is 2.69. The molecule has 0 atom stereocenters. The van der Waals surface area contributed by atoms with Crippen LogP contribution >= 0.6 is 0 Å². The van der Waals surface area contributed by atoms with E-state index in [2.05, 4.69) is 15.4 Å². The molecule has 4 rings (SSSR count). The summed E-state index contributed by atoms with van der Waals surface area (Å²) in [5.74, 6) is 0.411. The first-order valence-electron chi connectivity index (χ1n) is 7.47. The molecule has 0 saturated heterocycles. The molecule has 0 radical (unpaired) electrons. The van der Waals surface area contributed by atoms with Gasteiger partial charge in [-0.05, 0) is 25.0 Å². The Balaban J connectivity index is 1.72. The van der Waals surface area contributed by atoms with Crippen molar-refractivity contribution in [2.45, 2.75) is 12.8 Å². The van der Waals surface area contributed by atoms with E-state index in [9.17, 15) is 9.59 Å². The van der Waals surface area contributed by atoms with Gasteiger partial charge in [-0.25, -0.2) is 4.52 Å². The number of carbonyl (C=O) groups is 2. The number of hydrogen-bond donors (Lipinski definition) is 1. The van der Waals surface area contributed by atoms with E-state index in [1.54, 1.807) is 16.6 Å². The van der Waals surface area contributed by atoms with Gasteiger partial charge in [0.1, 0.15) is 6.29 Å². The lowest BCUT2D eigenvalue weighted by Gasteiger charge is -2.04. The molecule has 2 heterocycles. The van der Waals surface area contributed by atoms with Gasteiger partial charge < -0.3 is 0 Å². The van der Waals surface area contributed by atoms with E-state index in [1.165, 1.54) is 0 Å². The molecule has 23 heavy (non-hydrogen) atoms. The minimum absolute atomic E-state index is 0.0159. The van der Waals surface area contributed by atoms with Gasteiger partial charge in [0.15, 0.2) is 5.65 Å². The third kappa shape index (κ3) is 2.59. The fraction of sp³-hybridized carbons (Fsp3) is 0.176. The molecule has 0 unspecified atom stereocenters. The molecular weight excluding hydrogens is 292 g/mol. The maximum atomic E-state index is 11.8. The highest BCUT2D eigenvalue weighted by molar-refractivity contribution is 5.92. The van der Waals surface area contributed by atoms with Crippen molar-refractivity contribution in [2.24, 2.45) is 5.92 Å². The van der Waals surface area contributed by atoms with Gasteiger partial charge in [0.2, 0.25) is 11.9 Å². The van der Waals surface area contributed by atoms with E-state index in [1.807, 2.05) is 30.3 Å². The first-order chi connectivity index (χ1) is 11.2. The first-order valence-corrected chi connectivity index (χ1v) is 7.47. The van der Waals surface area contributed by atoms with Gasteiger partial charge in [-0.3, -0.25) is 14.9 Å². The second-order valence-electron chi connectivity index (χ2n) is 5.62. The number of aromatic nitrogens is 3. The highest BCUT2D eigenvalue weighted by Gasteiger charge is 2.30. The van der Waals surface area contributed by atoms with Crippen molar-refractivity contribution in [1.82, 2.24) is 14.6 Å². The van der Waals surface area contributed by atoms with Crippen LogP contribution in [-0.2, 0) is 4.79 Å². The van der Waals surface area contributed by atoms with Crippen molar-refractivity contribution < 1.29 is 9.59 Å². The molecule has 0 aliphatic heterocycles. The molecule has 1 aromatic carbocycles. The summed E-state index contributed by atoms with van der Waals surface area (Å²) in [6, 6.07) is 12.9. The summed E-state index contributed by atoms with van der Waals surface area (Å²) in [7, 11) is 0. The Hall–Kier alpha value is -3.02. The van der Waals surface area contributed by atoms with Crippen LogP contribution in [0.2, 0.25) is 0 Å². The summed E-state index contributed by atoms with van der Waals surface area (Å²) in [5.41, 5.74) is 3.05. The smallest absolute Gasteiger partial charge is 0.249 e. The molecule has 1 saturated carbocycles. The number of fused-ring (bicyclic) bond motifs is 1. The molecule has 114 valence electrons. The maximum absolute atomic E-state index is 11.8. The quantitative estimate of drug-likeness (QED) is 0.752. The Morgan fingerprint density at radius 3 is 2.65 bits per heavy atom. The lowest BCUT2D eigenvalue weighted by atomic mass is 10.1. The highest BCUT2D eigenvalue weighted by Crippen LogP contribution is 2.30. The summed E-state index contributed by atoms with van der Waals surface area (Å²) in [6.45, 7) is 0. The van der Waals surface area contributed by atoms with Crippen molar-refractivity contribution >= 4 is 23.8 Å². The molecule has 1 fully saturated rings. The number of benzene rings is 1. The van der Waals surface area contributed by atoms with Crippen molar-refractivity contribution in [3.8, 4) is 11.3 Å². The van der Waals surface area contributed by atoms with Crippen LogP contribution in [0.5, 0.6) is 0 Å². The van der Waals surface area contributed by atoms with Crippen molar-refractivity contribution in [3.63, 3.8) is 0 Å². The van der Waals surface area contributed by atoms with Crippen molar-refractivity contribution in [3.05, 3.63) is 48.0 Å². The third-order valence-corrected chi connectivity index (χ3v) is 3.89.